The highest BCUT2D eigenvalue weighted by Gasteiger charge is 2.17. The minimum Gasteiger partial charge on any atom is -0.481 e. The summed E-state index contributed by atoms with van der Waals surface area (Å²) in [5, 5.41) is 12.5. The Bertz CT molecular complexity index is 871. The molecule has 0 aliphatic rings. The number of nitrogens with one attached hydrogen (secondary N) is 1. The number of aromatic nitrogens is 4. The molecule has 2 aromatic heterocycles. The predicted molar refractivity (Wildman–Crippen MR) is 96.2 cm³/mol. The van der Waals surface area contributed by atoms with E-state index >= 15 is 0 Å². The van der Waals surface area contributed by atoms with Gasteiger partial charge in [-0.1, -0.05) is 35.3 Å². The van der Waals surface area contributed by atoms with Crippen LogP contribution in [0.2, 0.25) is 10.0 Å². The molecule has 0 fully saturated rings. The van der Waals surface area contributed by atoms with Crippen molar-refractivity contribution in [1.29, 1.82) is 0 Å². The summed E-state index contributed by atoms with van der Waals surface area (Å²) >= 11 is 12.0. The Morgan fingerprint density at radius 3 is 2.60 bits per heavy atom. The number of aryl methyl sites for hydroxylation is 2. The molecule has 0 aliphatic heterocycles. The van der Waals surface area contributed by atoms with Gasteiger partial charge in [-0.15, -0.1) is 0 Å². The maximum Gasteiger partial charge on any atom is 0.322 e. The Morgan fingerprint density at radius 1 is 1.24 bits per heavy atom. The molecule has 9 heteroatoms. The second kappa shape index (κ2) is 7.33. The van der Waals surface area contributed by atoms with Crippen molar-refractivity contribution in [3.05, 3.63) is 39.5 Å². The van der Waals surface area contributed by atoms with Gasteiger partial charge in [-0.05, 0) is 24.6 Å². The smallest absolute Gasteiger partial charge is 0.322 e. The zero-order valence-corrected chi connectivity index (χ0v) is 15.5. The van der Waals surface area contributed by atoms with Crippen molar-refractivity contribution in [3.8, 4) is 17.3 Å². The van der Waals surface area contributed by atoms with Crippen molar-refractivity contribution in [2.24, 2.45) is 7.05 Å². The van der Waals surface area contributed by atoms with Crippen LogP contribution >= 0.6 is 23.2 Å². The molecule has 3 rings (SSSR count). The minimum atomic E-state index is 0.291. The van der Waals surface area contributed by atoms with Gasteiger partial charge in [-0.25, -0.2) is 4.68 Å². The lowest BCUT2D eigenvalue weighted by Crippen LogP contribution is -2.03. The number of hydrogen-bond acceptors (Lipinski definition) is 6. The maximum atomic E-state index is 6.01. The molecule has 0 unspecified atom stereocenters. The van der Waals surface area contributed by atoms with Gasteiger partial charge in [0.1, 0.15) is 0 Å². The molecule has 1 aromatic carbocycles. The van der Waals surface area contributed by atoms with Crippen LogP contribution in [-0.4, -0.2) is 27.0 Å². The van der Waals surface area contributed by atoms with Gasteiger partial charge in [-0.3, -0.25) is 0 Å². The molecule has 7 nitrogen and oxygen atoms in total. The predicted octanol–water partition coefficient (Wildman–Crippen LogP) is 3.96. The Balaban J connectivity index is 1.79. The molecule has 0 saturated heterocycles. The summed E-state index contributed by atoms with van der Waals surface area (Å²) in [5.41, 5.74) is 2.59. The summed E-state index contributed by atoms with van der Waals surface area (Å²) in [6.07, 6.45) is 0.796. The van der Waals surface area contributed by atoms with E-state index in [2.05, 4.69) is 20.6 Å². The van der Waals surface area contributed by atoms with Crippen LogP contribution in [0.4, 0.5) is 6.01 Å². The number of halogens is 2. The van der Waals surface area contributed by atoms with E-state index in [1.807, 2.05) is 14.0 Å². The highest BCUT2D eigenvalue weighted by atomic mass is 35.5. The molecule has 2 heterocycles. The first-order chi connectivity index (χ1) is 12.0. The standard InChI is InChI=1S/C16H17Cl2N5O2/c1-4-13-12(15(24-3)23(2)21-13)8-19-16-20-14(22-25-16)9-5-10(17)7-11(18)6-9/h5-7H,4,8H2,1-3H3,(H,19,20,22). The number of hydrogen-bond donors (Lipinski definition) is 1. The van der Waals surface area contributed by atoms with Gasteiger partial charge in [0.2, 0.25) is 11.7 Å². The number of ether oxygens (including phenoxy) is 1. The third-order valence-corrected chi connectivity index (χ3v) is 4.10. The Labute approximate surface area is 154 Å². The van der Waals surface area contributed by atoms with E-state index in [1.165, 1.54) is 0 Å². The van der Waals surface area contributed by atoms with E-state index in [9.17, 15) is 0 Å². The van der Waals surface area contributed by atoms with E-state index < -0.39 is 0 Å². The molecule has 0 spiro atoms. The fourth-order valence-electron chi connectivity index (χ4n) is 2.58. The molecule has 132 valence electrons. The number of benzene rings is 1. The molecule has 0 aliphatic carbocycles. The van der Waals surface area contributed by atoms with E-state index in [4.69, 9.17) is 32.5 Å². The molecule has 0 bridgehead atoms. The molecule has 3 aromatic rings. The van der Waals surface area contributed by atoms with E-state index in [1.54, 1.807) is 30.0 Å². The number of methoxy groups -OCH3 is 1. The number of anilines is 1. The van der Waals surface area contributed by atoms with E-state index in [0.717, 1.165) is 17.7 Å². The summed E-state index contributed by atoms with van der Waals surface area (Å²) in [7, 11) is 3.46. The van der Waals surface area contributed by atoms with Crippen molar-refractivity contribution in [1.82, 2.24) is 19.9 Å². The van der Waals surface area contributed by atoms with Crippen molar-refractivity contribution in [3.63, 3.8) is 0 Å². The average Bonchev–Trinajstić information content (AvgIpc) is 3.15. The zero-order chi connectivity index (χ0) is 18.0. The van der Waals surface area contributed by atoms with Crippen molar-refractivity contribution in [2.45, 2.75) is 19.9 Å². The van der Waals surface area contributed by atoms with E-state index in [0.29, 0.717) is 39.9 Å². The number of nitrogens with zero attached hydrogens (tertiary/aromatic N) is 4. The third kappa shape index (κ3) is 3.72. The molecule has 1 N–H and O–H groups in total. The van der Waals surface area contributed by atoms with Crippen LogP contribution in [0.3, 0.4) is 0 Å². The van der Waals surface area contributed by atoms with Crippen molar-refractivity contribution in [2.75, 3.05) is 12.4 Å². The topological polar surface area (TPSA) is 78.0 Å². The van der Waals surface area contributed by atoms with Gasteiger partial charge in [0, 0.05) is 22.7 Å². The van der Waals surface area contributed by atoms with Gasteiger partial charge in [-0.2, -0.15) is 10.1 Å². The van der Waals surface area contributed by atoms with Crippen molar-refractivity contribution < 1.29 is 9.26 Å². The first-order valence-electron chi connectivity index (χ1n) is 7.64. The Morgan fingerprint density at radius 2 is 1.96 bits per heavy atom. The van der Waals surface area contributed by atoms with Crippen molar-refractivity contribution >= 4 is 29.2 Å². The Hall–Kier alpha value is -2.25. The first-order valence-corrected chi connectivity index (χ1v) is 8.40. The number of rotatable bonds is 6. The fourth-order valence-corrected chi connectivity index (χ4v) is 3.11. The highest BCUT2D eigenvalue weighted by molar-refractivity contribution is 6.35. The molecule has 0 radical (unpaired) electrons. The summed E-state index contributed by atoms with van der Waals surface area (Å²) in [6, 6.07) is 5.38. The largest absolute Gasteiger partial charge is 0.481 e. The molecular formula is C16H17Cl2N5O2. The van der Waals surface area contributed by atoms with Gasteiger partial charge in [0.05, 0.1) is 24.9 Å². The van der Waals surface area contributed by atoms with Gasteiger partial charge in [0.25, 0.3) is 0 Å². The van der Waals surface area contributed by atoms with Crippen LogP contribution in [0, 0.1) is 0 Å². The second-order valence-electron chi connectivity index (χ2n) is 5.35. The molecule has 25 heavy (non-hydrogen) atoms. The lowest BCUT2D eigenvalue weighted by atomic mass is 10.2. The lowest BCUT2D eigenvalue weighted by molar-refractivity contribution is 0.369. The van der Waals surface area contributed by atoms with Crippen LogP contribution < -0.4 is 10.1 Å². The molecule has 0 saturated carbocycles. The van der Waals surface area contributed by atoms with Crippen LogP contribution in [0.15, 0.2) is 22.7 Å². The Kier molecular flexibility index (Phi) is 5.15. The lowest BCUT2D eigenvalue weighted by Gasteiger charge is -2.05. The minimum absolute atomic E-state index is 0.291. The monoisotopic (exact) mass is 381 g/mol. The fraction of sp³-hybridized carbons (Fsp3) is 0.312. The van der Waals surface area contributed by atoms with Gasteiger partial charge in [0.15, 0.2) is 0 Å². The molecule has 0 amide bonds. The first kappa shape index (κ1) is 17.6. The normalized spacial score (nSPS) is 10.9. The van der Waals surface area contributed by atoms with Gasteiger partial charge >= 0.3 is 6.01 Å². The van der Waals surface area contributed by atoms with Gasteiger partial charge < -0.3 is 14.6 Å². The second-order valence-corrected chi connectivity index (χ2v) is 6.22. The maximum absolute atomic E-state index is 6.01. The quantitative estimate of drug-likeness (QED) is 0.695. The average molecular weight is 382 g/mol. The summed E-state index contributed by atoms with van der Waals surface area (Å²) in [5.74, 6) is 1.10. The molecular weight excluding hydrogens is 365 g/mol. The molecule has 0 atom stereocenters. The van der Waals surface area contributed by atoms with E-state index in [-0.39, 0.29) is 0 Å². The third-order valence-electron chi connectivity index (χ3n) is 3.66. The summed E-state index contributed by atoms with van der Waals surface area (Å²) in [6.45, 7) is 2.50. The zero-order valence-electron chi connectivity index (χ0n) is 14.0. The summed E-state index contributed by atoms with van der Waals surface area (Å²) < 4.78 is 12.4. The van der Waals surface area contributed by atoms with Crippen LogP contribution in [0.1, 0.15) is 18.2 Å². The highest BCUT2D eigenvalue weighted by Crippen LogP contribution is 2.27. The van der Waals surface area contributed by atoms with Crippen LogP contribution in [0.25, 0.3) is 11.4 Å². The summed E-state index contributed by atoms with van der Waals surface area (Å²) in [4.78, 5) is 4.32. The van der Waals surface area contributed by atoms with Crippen LogP contribution in [-0.2, 0) is 20.0 Å². The SMILES string of the molecule is CCc1nn(C)c(OC)c1CNc1nc(-c2cc(Cl)cc(Cl)c2)no1. The van der Waals surface area contributed by atoms with Crippen LogP contribution in [0.5, 0.6) is 5.88 Å².